The van der Waals surface area contributed by atoms with Crippen LogP contribution in [0.4, 0.5) is 0 Å². The number of piperidine rings is 1. The highest BCUT2D eigenvalue weighted by Gasteiger charge is 2.26. The Labute approximate surface area is 183 Å². The fraction of sp³-hybridized carbons (Fsp3) is 0.400. The van der Waals surface area contributed by atoms with Gasteiger partial charge in [-0.05, 0) is 36.0 Å². The maximum Gasteiger partial charge on any atom is 0.223 e. The first-order valence-corrected chi connectivity index (χ1v) is 11.0. The van der Waals surface area contributed by atoms with Gasteiger partial charge in [-0.15, -0.1) is 10.2 Å². The normalized spacial score (nSPS) is 16.4. The van der Waals surface area contributed by atoms with Crippen LogP contribution in [0.1, 0.15) is 43.0 Å². The maximum absolute atomic E-state index is 12.7. The van der Waals surface area contributed by atoms with Crippen LogP contribution >= 0.6 is 0 Å². The molecule has 0 aliphatic carbocycles. The van der Waals surface area contributed by atoms with E-state index in [1.807, 2.05) is 23.1 Å². The van der Waals surface area contributed by atoms with Crippen molar-refractivity contribution >= 4 is 5.91 Å². The van der Waals surface area contributed by atoms with E-state index in [4.69, 9.17) is 9.15 Å². The zero-order valence-corrected chi connectivity index (χ0v) is 18.0. The van der Waals surface area contributed by atoms with E-state index in [1.54, 1.807) is 7.11 Å². The van der Waals surface area contributed by atoms with Gasteiger partial charge < -0.3 is 14.1 Å². The van der Waals surface area contributed by atoms with Crippen LogP contribution in [0.2, 0.25) is 0 Å². The number of benzene rings is 2. The molecule has 2 heterocycles. The van der Waals surface area contributed by atoms with Gasteiger partial charge in [0, 0.05) is 26.5 Å². The molecule has 1 saturated heterocycles. The number of hydrogen-bond donors (Lipinski definition) is 0. The smallest absolute Gasteiger partial charge is 0.223 e. The number of methoxy groups -OCH3 is 1. The van der Waals surface area contributed by atoms with Gasteiger partial charge in [0.05, 0.1) is 19.1 Å². The Morgan fingerprint density at radius 2 is 1.77 bits per heavy atom. The fourth-order valence-corrected chi connectivity index (χ4v) is 4.13. The highest BCUT2D eigenvalue weighted by atomic mass is 16.5. The number of amides is 1. The quantitative estimate of drug-likeness (QED) is 0.545. The number of hydrogen-bond acceptors (Lipinski definition) is 5. The monoisotopic (exact) mass is 419 g/mol. The van der Waals surface area contributed by atoms with Crippen molar-refractivity contribution < 1.29 is 13.9 Å². The zero-order chi connectivity index (χ0) is 21.5. The van der Waals surface area contributed by atoms with E-state index in [-0.39, 0.29) is 11.9 Å². The van der Waals surface area contributed by atoms with Crippen LogP contribution in [0, 0.1) is 0 Å². The van der Waals surface area contributed by atoms with E-state index in [1.165, 1.54) is 11.1 Å². The molecule has 1 unspecified atom stereocenters. The van der Waals surface area contributed by atoms with E-state index in [9.17, 15) is 4.79 Å². The number of carbonyl (C=O) groups excluding carboxylic acids is 1. The minimum Gasteiger partial charge on any atom is -0.425 e. The van der Waals surface area contributed by atoms with Crippen LogP contribution in [0.15, 0.2) is 59.0 Å². The summed E-state index contributed by atoms with van der Waals surface area (Å²) < 4.78 is 11.1. The highest BCUT2D eigenvalue weighted by molar-refractivity contribution is 5.76. The molecule has 3 aromatic rings. The van der Waals surface area contributed by atoms with E-state index in [0.29, 0.717) is 37.7 Å². The summed E-state index contributed by atoms with van der Waals surface area (Å²) in [5, 5.41) is 8.30. The summed E-state index contributed by atoms with van der Waals surface area (Å²) >= 11 is 0. The van der Waals surface area contributed by atoms with Crippen LogP contribution in [-0.2, 0) is 22.4 Å². The van der Waals surface area contributed by atoms with Gasteiger partial charge >= 0.3 is 0 Å². The number of aromatic nitrogens is 2. The Kier molecular flexibility index (Phi) is 7.10. The molecule has 1 aliphatic rings. The average molecular weight is 420 g/mol. The lowest BCUT2D eigenvalue weighted by Gasteiger charge is -2.35. The number of ether oxygens (including phenoxy) is 1. The minimum atomic E-state index is 0.137. The molecule has 1 amide bonds. The lowest BCUT2D eigenvalue weighted by atomic mass is 10.0. The molecule has 6 heteroatoms. The predicted octanol–water partition coefficient (Wildman–Crippen LogP) is 4.29. The van der Waals surface area contributed by atoms with Crippen molar-refractivity contribution in [2.75, 3.05) is 20.3 Å². The molecule has 0 saturated carbocycles. The molecule has 0 N–H and O–H groups in total. The fourth-order valence-electron chi connectivity index (χ4n) is 4.13. The third-order valence-electron chi connectivity index (χ3n) is 5.78. The molecular weight excluding hydrogens is 390 g/mol. The first-order valence-electron chi connectivity index (χ1n) is 11.0. The third kappa shape index (κ3) is 5.58. The Bertz CT molecular complexity index is 967. The number of nitrogens with zero attached hydrogens (tertiary/aromatic N) is 3. The first-order chi connectivity index (χ1) is 15.2. The number of rotatable bonds is 8. The van der Waals surface area contributed by atoms with Crippen LogP contribution in [0.25, 0.3) is 11.1 Å². The summed E-state index contributed by atoms with van der Waals surface area (Å²) in [5.41, 5.74) is 3.49. The van der Waals surface area contributed by atoms with E-state index in [0.717, 1.165) is 31.4 Å². The standard InChI is InChI=1S/C25H29N3O3/c1-30-18-22-9-5-6-16-28(22)25(29)15-14-23-26-27-24(31-23)17-19-10-12-21(13-11-19)20-7-3-2-4-8-20/h2-4,7-8,10-13,22H,5-6,9,14-18H2,1H3. The summed E-state index contributed by atoms with van der Waals surface area (Å²) in [4.78, 5) is 14.6. The van der Waals surface area contributed by atoms with E-state index < -0.39 is 0 Å². The lowest BCUT2D eigenvalue weighted by molar-refractivity contribution is -0.136. The molecule has 0 spiro atoms. The molecule has 2 aromatic carbocycles. The molecule has 4 rings (SSSR count). The Balaban J connectivity index is 1.31. The van der Waals surface area contributed by atoms with Gasteiger partial charge in [0.1, 0.15) is 0 Å². The van der Waals surface area contributed by atoms with Gasteiger partial charge in [-0.25, -0.2) is 0 Å². The average Bonchev–Trinajstić information content (AvgIpc) is 3.26. The lowest BCUT2D eigenvalue weighted by Crippen LogP contribution is -2.46. The van der Waals surface area contributed by atoms with E-state index >= 15 is 0 Å². The van der Waals surface area contributed by atoms with Gasteiger partial charge in [0.15, 0.2) is 0 Å². The predicted molar refractivity (Wildman–Crippen MR) is 119 cm³/mol. The van der Waals surface area contributed by atoms with Crippen LogP contribution in [0.3, 0.4) is 0 Å². The van der Waals surface area contributed by atoms with Crippen molar-refractivity contribution in [3.8, 4) is 11.1 Å². The van der Waals surface area contributed by atoms with Crippen molar-refractivity contribution in [2.24, 2.45) is 0 Å². The summed E-state index contributed by atoms with van der Waals surface area (Å²) in [6.07, 6.45) is 4.64. The molecule has 0 bridgehead atoms. The van der Waals surface area contributed by atoms with E-state index in [2.05, 4.69) is 46.6 Å². The SMILES string of the molecule is COCC1CCCCN1C(=O)CCc1nnc(Cc2ccc(-c3ccccc3)cc2)o1. The number of likely N-dealkylation sites (tertiary alicyclic amines) is 1. The maximum atomic E-state index is 12.7. The van der Waals surface area contributed by atoms with Crippen molar-refractivity contribution in [3.05, 3.63) is 71.9 Å². The molecule has 162 valence electrons. The van der Waals surface area contributed by atoms with Gasteiger partial charge in [-0.2, -0.15) is 0 Å². The Hall–Kier alpha value is -2.99. The summed E-state index contributed by atoms with van der Waals surface area (Å²) in [7, 11) is 1.69. The molecule has 1 aromatic heterocycles. The Morgan fingerprint density at radius 1 is 1.03 bits per heavy atom. The van der Waals surface area contributed by atoms with Crippen LogP contribution in [0.5, 0.6) is 0 Å². The zero-order valence-electron chi connectivity index (χ0n) is 18.0. The van der Waals surface area contributed by atoms with Crippen molar-refractivity contribution in [1.82, 2.24) is 15.1 Å². The Morgan fingerprint density at radius 3 is 2.55 bits per heavy atom. The molecule has 31 heavy (non-hydrogen) atoms. The first kappa shape index (κ1) is 21.2. The number of aryl methyl sites for hydroxylation is 1. The molecular formula is C25H29N3O3. The van der Waals surface area contributed by atoms with Crippen LogP contribution in [-0.4, -0.2) is 47.3 Å². The largest absolute Gasteiger partial charge is 0.425 e. The third-order valence-corrected chi connectivity index (χ3v) is 5.78. The topological polar surface area (TPSA) is 68.5 Å². The number of carbonyl (C=O) groups is 1. The van der Waals surface area contributed by atoms with Crippen molar-refractivity contribution in [2.45, 2.75) is 44.6 Å². The van der Waals surface area contributed by atoms with Crippen LogP contribution < -0.4 is 0 Å². The second kappa shape index (κ2) is 10.4. The summed E-state index contributed by atoms with van der Waals surface area (Å²) in [5.74, 6) is 1.23. The molecule has 0 radical (unpaired) electrons. The van der Waals surface area contributed by atoms with Gasteiger partial charge in [-0.1, -0.05) is 54.6 Å². The van der Waals surface area contributed by atoms with Crippen molar-refractivity contribution in [1.29, 1.82) is 0 Å². The van der Waals surface area contributed by atoms with Gasteiger partial charge in [0.2, 0.25) is 17.7 Å². The molecule has 1 atom stereocenters. The second-order valence-electron chi connectivity index (χ2n) is 8.02. The summed E-state index contributed by atoms with van der Waals surface area (Å²) in [6.45, 7) is 1.40. The van der Waals surface area contributed by atoms with Gasteiger partial charge in [-0.3, -0.25) is 4.79 Å². The molecule has 1 aliphatic heterocycles. The molecule has 6 nitrogen and oxygen atoms in total. The van der Waals surface area contributed by atoms with Crippen molar-refractivity contribution in [3.63, 3.8) is 0 Å². The highest BCUT2D eigenvalue weighted by Crippen LogP contribution is 2.21. The second-order valence-corrected chi connectivity index (χ2v) is 8.02. The minimum absolute atomic E-state index is 0.137. The molecule has 1 fully saturated rings. The summed E-state index contributed by atoms with van der Waals surface area (Å²) in [6, 6.07) is 18.9. The van der Waals surface area contributed by atoms with Gasteiger partial charge in [0.25, 0.3) is 0 Å².